The number of benzene rings is 1. The third-order valence-electron chi connectivity index (χ3n) is 3.27. The minimum Gasteiger partial charge on any atom is -0.495 e. The number of aromatic nitrogens is 2. The van der Waals surface area contributed by atoms with Gasteiger partial charge in [-0.15, -0.1) is 0 Å². The van der Waals surface area contributed by atoms with Crippen molar-refractivity contribution in [2.75, 3.05) is 12.8 Å². The maximum Gasteiger partial charge on any atom is 0.244 e. The van der Waals surface area contributed by atoms with Gasteiger partial charge in [0.2, 0.25) is 10.0 Å². The molecule has 2 aromatic rings. The third-order valence-corrected chi connectivity index (χ3v) is 4.71. The number of nitrogen functional groups attached to an aromatic ring is 1. The van der Waals surface area contributed by atoms with Crippen LogP contribution in [0.2, 0.25) is 0 Å². The Morgan fingerprint density at radius 2 is 2.14 bits per heavy atom. The number of anilines is 1. The molecule has 0 atom stereocenters. The van der Waals surface area contributed by atoms with E-state index in [1.807, 2.05) is 6.92 Å². The highest BCUT2D eigenvalue weighted by atomic mass is 32.2. The summed E-state index contributed by atoms with van der Waals surface area (Å²) in [4.78, 5) is 0.0562. The zero-order valence-corrected chi connectivity index (χ0v) is 12.9. The first-order valence-corrected chi connectivity index (χ1v) is 7.74. The normalized spacial score (nSPS) is 11.6. The average molecular weight is 310 g/mol. The smallest absolute Gasteiger partial charge is 0.244 e. The van der Waals surface area contributed by atoms with Crippen molar-refractivity contribution in [1.29, 1.82) is 0 Å². The summed E-state index contributed by atoms with van der Waals surface area (Å²) in [6.07, 6.45) is 1.64. The fourth-order valence-corrected chi connectivity index (χ4v) is 3.03. The largest absolute Gasteiger partial charge is 0.495 e. The first-order chi connectivity index (χ1) is 9.85. The Labute approximate surface area is 123 Å². The van der Waals surface area contributed by atoms with E-state index in [0.29, 0.717) is 5.69 Å². The Hall–Kier alpha value is -2.06. The van der Waals surface area contributed by atoms with Crippen molar-refractivity contribution in [1.82, 2.24) is 14.5 Å². The predicted octanol–water partition coefficient (Wildman–Crippen LogP) is 0.798. The Bertz CT molecular complexity index is 753. The van der Waals surface area contributed by atoms with Gasteiger partial charge in [0.1, 0.15) is 10.6 Å². The molecule has 1 aromatic heterocycles. The van der Waals surface area contributed by atoms with Crippen molar-refractivity contribution >= 4 is 15.7 Å². The molecule has 0 spiro atoms. The molecule has 21 heavy (non-hydrogen) atoms. The number of ether oxygens (including phenoxy) is 1. The van der Waals surface area contributed by atoms with Crippen LogP contribution in [0, 0.1) is 6.92 Å². The predicted molar refractivity (Wildman–Crippen MR) is 79.4 cm³/mol. The van der Waals surface area contributed by atoms with E-state index in [2.05, 4.69) is 9.82 Å². The van der Waals surface area contributed by atoms with E-state index in [-0.39, 0.29) is 17.2 Å². The summed E-state index contributed by atoms with van der Waals surface area (Å²) in [5, 5.41) is 4.08. The summed E-state index contributed by atoms with van der Waals surface area (Å²) in [5.74, 6) is 0.213. The van der Waals surface area contributed by atoms with Crippen LogP contribution in [0.4, 0.5) is 5.69 Å². The highest BCUT2D eigenvalue weighted by Crippen LogP contribution is 2.26. The molecule has 2 rings (SSSR count). The number of sulfonamides is 1. The van der Waals surface area contributed by atoms with Crippen molar-refractivity contribution in [3.63, 3.8) is 0 Å². The third kappa shape index (κ3) is 3.17. The van der Waals surface area contributed by atoms with Crippen molar-refractivity contribution in [3.8, 4) is 5.75 Å². The van der Waals surface area contributed by atoms with Crippen LogP contribution in [0.1, 0.15) is 11.3 Å². The van der Waals surface area contributed by atoms with E-state index in [9.17, 15) is 8.42 Å². The van der Waals surface area contributed by atoms with Crippen LogP contribution in [0.25, 0.3) is 0 Å². The molecule has 114 valence electrons. The Morgan fingerprint density at radius 1 is 1.43 bits per heavy atom. The van der Waals surface area contributed by atoms with Crippen LogP contribution in [-0.2, 0) is 23.6 Å². The highest BCUT2D eigenvalue weighted by Gasteiger charge is 2.20. The van der Waals surface area contributed by atoms with Crippen LogP contribution >= 0.6 is 0 Å². The van der Waals surface area contributed by atoms with Gasteiger partial charge >= 0.3 is 0 Å². The van der Waals surface area contributed by atoms with Gasteiger partial charge in [-0.2, -0.15) is 5.10 Å². The molecule has 3 N–H and O–H groups in total. The second-order valence-corrected chi connectivity index (χ2v) is 6.35. The quantitative estimate of drug-likeness (QED) is 0.796. The SMILES string of the molecule is COc1cc(N)ccc1S(=O)(=O)NCc1cnn(C)c1C. The van der Waals surface area contributed by atoms with Crippen molar-refractivity contribution in [2.45, 2.75) is 18.4 Å². The maximum absolute atomic E-state index is 12.4. The number of rotatable bonds is 5. The highest BCUT2D eigenvalue weighted by molar-refractivity contribution is 7.89. The molecule has 7 nitrogen and oxygen atoms in total. The van der Waals surface area contributed by atoms with Gasteiger partial charge in [-0.3, -0.25) is 4.68 Å². The van der Waals surface area contributed by atoms with Crippen LogP contribution in [0.15, 0.2) is 29.3 Å². The molecule has 1 heterocycles. The summed E-state index contributed by atoms with van der Waals surface area (Å²) < 4.78 is 34.0. The fraction of sp³-hybridized carbons (Fsp3) is 0.308. The molecule has 0 amide bonds. The van der Waals surface area contributed by atoms with Gasteiger partial charge in [-0.1, -0.05) is 0 Å². The molecule has 1 aromatic carbocycles. The van der Waals surface area contributed by atoms with Crippen molar-refractivity contribution in [3.05, 3.63) is 35.7 Å². The van der Waals surface area contributed by atoms with Gasteiger partial charge < -0.3 is 10.5 Å². The van der Waals surface area contributed by atoms with Crippen LogP contribution in [-0.4, -0.2) is 25.3 Å². The molecule has 0 fully saturated rings. The Kier molecular flexibility index (Phi) is 4.19. The van der Waals surface area contributed by atoms with Gasteiger partial charge in [-0.05, 0) is 19.1 Å². The molecule has 0 saturated carbocycles. The van der Waals surface area contributed by atoms with E-state index in [1.165, 1.54) is 25.3 Å². The molecular weight excluding hydrogens is 292 g/mol. The Balaban J connectivity index is 2.25. The summed E-state index contributed by atoms with van der Waals surface area (Å²) in [6.45, 7) is 2.04. The minimum atomic E-state index is -3.69. The summed E-state index contributed by atoms with van der Waals surface area (Å²) in [7, 11) is -0.489. The molecule has 0 aliphatic rings. The number of aryl methyl sites for hydroxylation is 1. The summed E-state index contributed by atoms with van der Waals surface area (Å²) in [6, 6.07) is 4.42. The molecule has 0 bridgehead atoms. The number of hydrogen-bond acceptors (Lipinski definition) is 5. The number of hydrogen-bond donors (Lipinski definition) is 2. The first-order valence-electron chi connectivity index (χ1n) is 6.26. The second kappa shape index (κ2) is 5.74. The van der Waals surface area contributed by atoms with E-state index < -0.39 is 10.0 Å². The van der Waals surface area contributed by atoms with E-state index in [4.69, 9.17) is 10.5 Å². The zero-order chi connectivity index (χ0) is 15.6. The lowest BCUT2D eigenvalue weighted by Gasteiger charge is -2.11. The van der Waals surface area contributed by atoms with Crippen molar-refractivity contribution in [2.24, 2.45) is 7.05 Å². The second-order valence-electron chi connectivity index (χ2n) is 4.61. The fourth-order valence-electron chi connectivity index (χ4n) is 1.87. The lowest BCUT2D eigenvalue weighted by atomic mass is 10.3. The molecule has 0 radical (unpaired) electrons. The number of methoxy groups -OCH3 is 1. The standard InChI is InChI=1S/C13H18N4O3S/c1-9-10(7-15-17(9)2)8-16-21(18,19)13-5-4-11(14)6-12(13)20-3/h4-7,16H,8,14H2,1-3H3. The zero-order valence-electron chi connectivity index (χ0n) is 12.1. The molecule has 0 unspecified atom stereocenters. The molecule has 0 aliphatic heterocycles. The molecular formula is C13H18N4O3S. The maximum atomic E-state index is 12.4. The van der Waals surface area contributed by atoms with E-state index in [1.54, 1.807) is 17.9 Å². The first kappa shape index (κ1) is 15.3. The average Bonchev–Trinajstić information content (AvgIpc) is 2.76. The van der Waals surface area contributed by atoms with Gasteiger partial charge in [0.05, 0.1) is 13.3 Å². The monoisotopic (exact) mass is 310 g/mol. The van der Waals surface area contributed by atoms with E-state index >= 15 is 0 Å². The lowest BCUT2D eigenvalue weighted by molar-refractivity contribution is 0.402. The summed E-state index contributed by atoms with van der Waals surface area (Å²) in [5.41, 5.74) is 7.79. The van der Waals surface area contributed by atoms with E-state index in [0.717, 1.165) is 11.3 Å². The number of nitrogens with one attached hydrogen (secondary N) is 1. The molecule has 8 heteroatoms. The van der Waals surface area contributed by atoms with Gasteiger partial charge in [0.25, 0.3) is 0 Å². The Morgan fingerprint density at radius 3 is 2.71 bits per heavy atom. The number of nitrogens with zero attached hydrogens (tertiary/aromatic N) is 2. The van der Waals surface area contributed by atoms with Crippen molar-refractivity contribution < 1.29 is 13.2 Å². The van der Waals surface area contributed by atoms with Gasteiger partial charge in [0.15, 0.2) is 0 Å². The minimum absolute atomic E-state index is 0.0562. The van der Waals surface area contributed by atoms with Crippen LogP contribution < -0.4 is 15.2 Å². The topological polar surface area (TPSA) is 99.2 Å². The molecule has 0 saturated heterocycles. The van der Waals surface area contributed by atoms with Gasteiger partial charge in [0, 0.05) is 36.6 Å². The number of nitrogens with two attached hydrogens (primary N) is 1. The van der Waals surface area contributed by atoms with Gasteiger partial charge in [-0.25, -0.2) is 13.1 Å². The van der Waals surface area contributed by atoms with Crippen LogP contribution in [0.3, 0.4) is 0 Å². The van der Waals surface area contributed by atoms with Crippen LogP contribution in [0.5, 0.6) is 5.75 Å². The lowest BCUT2D eigenvalue weighted by Crippen LogP contribution is -2.24. The summed E-state index contributed by atoms with van der Waals surface area (Å²) >= 11 is 0. The molecule has 0 aliphatic carbocycles.